The minimum Gasteiger partial charge on any atom is -0.293 e. The van der Waals surface area contributed by atoms with Gasteiger partial charge in [-0.2, -0.15) is 0 Å². The lowest BCUT2D eigenvalue weighted by Gasteiger charge is -2.07. The lowest BCUT2D eigenvalue weighted by Crippen LogP contribution is -2.19. The molecule has 0 radical (unpaired) electrons. The van der Waals surface area contributed by atoms with Crippen LogP contribution >= 0.6 is 0 Å². The lowest BCUT2D eigenvalue weighted by atomic mass is 9.98. The predicted molar refractivity (Wildman–Crippen MR) is 118 cm³/mol. The number of nitrogens with one attached hydrogen (secondary N) is 1. The zero-order valence-electron chi connectivity index (χ0n) is 16.7. The van der Waals surface area contributed by atoms with Gasteiger partial charge in [0.05, 0.1) is 22.3 Å². The number of Topliss-reactive ketones (excluding diaryl/α,β-unsaturated/α-hetero) is 2. The summed E-state index contributed by atoms with van der Waals surface area (Å²) in [5.41, 5.74) is 3.27. The van der Waals surface area contributed by atoms with Crippen molar-refractivity contribution < 1.29 is 19.2 Å². The van der Waals surface area contributed by atoms with Crippen molar-refractivity contribution in [2.45, 2.75) is 5.92 Å². The van der Waals surface area contributed by atoms with E-state index in [9.17, 15) is 19.2 Å². The number of pyridine rings is 1. The normalized spacial score (nSPS) is 14.6. The fourth-order valence-corrected chi connectivity index (χ4v) is 3.97. The van der Waals surface area contributed by atoms with E-state index >= 15 is 0 Å². The van der Waals surface area contributed by atoms with E-state index in [1.807, 2.05) is 30.3 Å². The SMILES string of the molecule is O=C1NC(=O)c2ccccc21.O=C1c2ccccc2C(=O)C1c1ccc2ccccc2n1. The van der Waals surface area contributed by atoms with Crippen LogP contribution in [0.2, 0.25) is 0 Å². The van der Waals surface area contributed by atoms with Gasteiger partial charge in [0.25, 0.3) is 11.8 Å². The molecule has 3 aromatic carbocycles. The zero-order chi connectivity index (χ0) is 22.2. The molecule has 4 aromatic rings. The molecule has 0 saturated heterocycles. The molecule has 0 saturated carbocycles. The molecule has 32 heavy (non-hydrogen) atoms. The van der Waals surface area contributed by atoms with Crippen LogP contribution in [-0.4, -0.2) is 28.4 Å². The summed E-state index contributed by atoms with van der Waals surface area (Å²) in [6.45, 7) is 0. The second-order valence-corrected chi connectivity index (χ2v) is 7.46. The van der Waals surface area contributed by atoms with E-state index in [4.69, 9.17) is 0 Å². The smallest absolute Gasteiger partial charge is 0.258 e. The Hall–Kier alpha value is -4.45. The minimum absolute atomic E-state index is 0.154. The third-order valence-electron chi connectivity index (χ3n) is 5.54. The van der Waals surface area contributed by atoms with Gasteiger partial charge in [0.1, 0.15) is 5.92 Å². The van der Waals surface area contributed by atoms with E-state index in [1.54, 1.807) is 54.6 Å². The van der Waals surface area contributed by atoms with Gasteiger partial charge in [0, 0.05) is 16.5 Å². The molecule has 0 unspecified atom stereocenters. The highest BCUT2D eigenvalue weighted by Crippen LogP contribution is 2.33. The Labute approximate surface area is 182 Å². The Morgan fingerprint density at radius 3 is 1.66 bits per heavy atom. The number of benzene rings is 3. The zero-order valence-corrected chi connectivity index (χ0v) is 16.7. The molecule has 0 atom stereocenters. The highest BCUT2D eigenvalue weighted by atomic mass is 16.2. The Kier molecular flexibility index (Phi) is 4.67. The molecule has 6 rings (SSSR count). The molecule has 1 aromatic heterocycles. The number of rotatable bonds is 1. The van der Waals surface area contributed by atoms with Crippen LogP contribution in [0.4, 0.5) is 0 Å². The molecular formula is C26H16N2O4. The number of para-hydroxylation sites is 1. The molecule has 2 amide bonds. The first-order valence-corrected chi connectivity index (χ1v) is 10.0. The molecule has 0 fully saturated rings. The van der Waals surface area contributed by atoms with Gasteiger partial charge in [0.2, 0.25) is 0 Å². The predicted octanol–water partition coefficient (Wildman–Crippen LogP) is 3.97. The monoisotopic (exact) mass is 420 g/mol. The Balaban J connectivity index is 0.000000165. The van der Waals surface area contributed by atoms with Crippen molar-refractivity contribution in [3.63, 3.8) is 0 Å². The standard InChI is InChI=1S/C18H11NO2.C8H5NO2/c20-17-12-6-2-3-7-13(12)18(21)16(17)15-10-9-11-5-1-4-8-14(11)19-15;10-7-5-3-1-2-4-6(5)8(11)9-7/h1-10,16H;1-4H,(H,9,10,11). The summed E-state index contributed by atoms with van der Waals surface area (Å²) in [5, 5.41) is 3.20. The molecule has 0 bridgehead atoms. The first-order chi connectivity index (χ1) is 15.5. The first-order valence-electron chi connectivity index (χ1n) is 10.0. The molecule has 1 aliphatic heterocycles. The molecule has 6 heteroatoms. The molecule has 2 heterocycles. The fourth-order valence-electron chi connectivity index (χ4n) is 3.97. The Bertz CT molecular complexity index is 1370. The number of hydrogen-bond acceptors (Lipinski definition) is 5. The van der Waals surface area contributed by atoms with Crippen molar-refractivity contribution in [3.8, 4) is 0 Å². The van der Waals surface area contributed by atoms with Crippen LogP contribution in [0.1, 0.15) is 53.0 Å². The fraction of sp³-hybridized carbons (Fsp3) is 0.0385. The van der Waals surface area contributed by atoms with Crippen molar-refractivity contribution in [1.29, 1.82) is 0 Å². The average molecular weight is 420 g/mol. The van der Waals surface area contributed by atoms with Crippen LogP contribution in [0.25, 0.3) is 10.9 Å². The lowest BCUT2D eigenvalue weighted by molar-refractivity contribution is 0.0867. The molecule has 2 aliphatic rings. The number of fused-ring (bicyclic) bond motifs is 3. The van der Waals surface area contributed by atoms with Gasteiger partial charge in [0.15, 0.2) is 11.6 Å². The summed E-state index contributed by atoms with van der Waals surface area (Å²) in [6.07, 6.45) is 0. The number of ketones is 2. The molecule has 1 aliphatic carbocycles. The van der Waals surface area contributed by atoms with E-state index < -0.39 is 5.92 Å². The third kappa shape index (κ3) is 3.18. The molecule has 154 valence electrons. The van der Waals surface area contributed by atoms with E-state index in [1.165, 1.54) is 0 Å². The van der Waals surface area contributed by atoms with Gasteiger partial charge in [-0.15, -0.1) is 0 Å². The summed E-state index contributed by atoms with van der Waals surface area (Å²) in [6, 6.07) is 25.1. The maximum absolute atomic E-state index is 12.5. The number of carbonyl (C=O) groups excluding carboxylic acids is 4. The van der Waals surface area contributed by atoms with E-state index in [2.05, 4.69) is 10.3 Å². The van der Waals surface area contributed by atoms with Crippen LogP contribution in [0.3, 0.4) is 0 Å². The number of hydrogen-bond donors (Lipinski definition) is 1. The largest absolute Gasteiger partial charge is 0.293 e. The molecule has 6 nitrogen and oxygen atoms in total. The maximum Gasteiger partial charge on any atom is 0.258 e. The average Bonchev–Trinajstić information content (AvgIpc) is 3.26. The van der Waals surface area contributed by atoms with Gasteiger partial charge >= 0.3 is 0 Å². The van der Waals surface area contributed by atoms with E-state index in [-0.39, 0.29) is 23.4 Å². The number of amides is 2. The molecule has 0 spiro atoms. The Morgan fingerprint density at radius 1 is 0.562 bits per heavy atom. The van der Waals surface area contributed by atoms with Crippen LogP contribution in [0, 0.1) is 0 Å². The molecular weight excluding hydrogens is 404 g/mol. The van der Waals surface area contributed by atoms with Crippen LogP contribution in [0.5, 0.6) is 0 Å². The van der Waals surface area contributed by atoms with Crippen molar-refractivity contribution in [1.82, 2.24) is 10.3 Å². The quantitative estimate of drug-likeness (QED) is 0.372. The van der Waals surface area contributed by atoms with Crippen molar-refractivity contribution in [3.05, 3.63) is 113 Å². The van der Waals surface area contributed by atoms with Crippen molar-refractivity contribution >= 4 is 34.3 Å². The maximum atomic E-state index is 12.5. The third-order valence-corrected chi connectivity index (χ3v) is 5.54. The highest BCUT2D eigenvalue weighted by Gasteiger charge is 2.40. The van der Waals surface area contributed by atoms with Gasteiger partial charge < -0.3 is 0 Å². The summed E-state index contributed by atoms with van der Waals surface area (Å²) in [5.74, 6) is -1.71. The topological polar surface area (TPSA) is 93.2 Å². The number of carbonyl (C=O) groups is 4. The first kappa shape index (κ1) is 19.5. The van der Waals surface area contributed by atoms with Crippen LogP contribution in [0.15, 0.2) is 84.9 Å². The van der Waals surface area contributed by atoms with Gasteiger partial charge in [-0.05, 0) is 24.3 Å². The van der Waals surface area contributed by atoms with Crippen LogP contribution in [-0.2, 0) is 0 Å². The van der Waals surface area contributed by atoms with E-state index in [0.29, 0.717) is 27.9 Å². The van der Waals surface area contributed by atoms with Gasteiger partial charge in [-0.3, -0.25) is 29.5 Å². The van der Waals surface area contributed by atoms with Crippen molar-refractivity contribution in [2.24, 2.45) is 0 Å². The van der Waals surface area contributed by atoms with Gasteiger partial charge in [-0.1, -0.05) is 60.7 Å². The highest BCUT2D eigenvalue weighted by molar-refractivity contribution is 6.29. The van der Waals surface area contributed by atoms with Crippen molar-refractivity contribution in [2.75, 3.05) is 0 Å². The second kappa shape index (κ2) is 7.67. The molecule has 1 N–H and O–H groups in total. The summed E-state index contributed by atoms with van der Waals surface area (Å²) >= 11 is 0. The summed E-state index contributed by atoms with van der Waals surface area (Å²) in [4.78, 5) is 51.4. The second-order valence-electron chi connectivity index (χ2n) is 7.46. The Morgan fingerprint density at radius 2 is 1.06 bits per heavy atom. The summed E-state index contributed by atoms with van der Waals surface area (Å²) < 4.78 is 0. The number of nitrogens with zero attached hydrogens (tertiary/aromatic N) is 1. The minimum atomic E-state index is -0.799. The number of imide groups is 1. The van der Waals surface area contributed by atoms with Crippen LogP contribution < -0.4 is 5.32 Å². The summed E-state index contributed by atoms with van der Waals surface area (Å²) in [7, 11) is 0. The van der Waals surface area contributed by atoms with Gasteiger partial charge in [-0.25, -0.2) is 0 Å². The number of aromatic nitrogens is 1. The van der Waals surface area contributed by atoms with E-state index in [0.717, 1.165) is 10.9 Å².